The van der Waals surface area contributed by atoms with Gasteiger partial charge < -0.3 is 5.32 Å². The molecule has 0 aliphatic carbocycles. The highest BCUT2D eigenvalue weighted by molar-refractivity contribution is 6.31. The van der Waals surface area contributed by atoms with Crippen LogP contribution in [0.25, 0.3) is 0 Å². The van der Waals surface area contributed by atoms with E-state index in [9.17, 15) is 9.18 Å². The zero-order valence-corrected chi connectivity index (χ0v) is 17.4. The van der Waals surface area contributed by atoms with E-state index in [0.717, 1.165) is 0 Å². The van der Waals surface area contributed by atoms with E-state index in [1.54, 1.807) is 43.8 Å². The molecule has 3 rings (SSSR count). The number of hydrogen-bond acceptors (Lipinski definition) is 3. The van der Waals surface area contributed by atoms with Crippen molar-refractivity contribution in [2.75, 3.05) is 5.32 Å². The van der Waals surface area contributed by atoms with E-state index in [4.69, 9.17) is 23.2 Å². The molecule has 0 bridgehead atoms. The van der Waals surface area contributed by atoms with E-state index < -0.39 is 11.4 Å². The van der Waals surface area contributed by atoms with E-state index >= 15 is 0 Å². The van der Waals surface area contributed by atoms with Crippen LogP contribution < -0.4 is 5.32 Å². The SMILES string of the molecule is Cc1nn(Cc2c(F)cccc2Cl)c(C)c1NC(=O)C(C)(C)n1cc(Cl)cn1. The van der Waals surface area contributed by atoms with Crippen LogP contribution in [0.15, 0.2) is 30.6 Å². The number of nitrogens with one attached hydrogen (secondary N) is 1. The van der Waals surface area contributed by atoms with Gasteiger partial charge in [-0.3, -0.25) is 14.2 Å². The van der Waals surface area contributed by atoms with Crippen molar-refractivity contribution in [3.05, 3.63) is 63.4 Å². The molecule has 0 aliphatic heterocycles. The molecule has 9 heteroatoms. The van der Waals surface area contributed by atoms with Crippen molar-refractivity contribution in [2.24, 2.45) is 0 Å². The molecular formula is C19H20Cl2FN5O. The fourth-order valence-electron chi connectivity index (χ4n) is 2.84. The van der Waals surface area contributed by atoms with E-state index in [-0.39, 0.29) is 12.5 Å². The normalized spacial score (nSPS) is 11.7. The summed E-state index contributed by atoms with van der Waals surface area (Å²) < 4.78 is 17.2. The van der Waals surface area contributed by atoms with Crippen molar-refractivity contribution in [1.82, 2.24) is 19.6 Å². The van der Waals surface area contributed by atoms with Crippen molar-refractivity contribution >= 4 is 34.8 Å². The van der Waals surface area contributed by atoms with Crippen molar-refractivity contribution < 1.29 is 9.18 Å². The Morgan fingerprint density at radius 3 is 2.61 bits per heavy atom. The summed E-state index contributed by atoms with van der Waals surface area (Å²) in [5, 5.41) is 12.2. The lowest BCUT2D eigenvalue weighted by Gasteiger charge is -2.24. The van der Waals surface area contributed by atoms with Crippen LogP contribution in [0.3, 0.4) is 0 Å². The first-order valence-corrected chi connectivity index (χ1v) is 9.36. The summed E-state index contributed by atoms with van der Waals surface area (Å²) in [6, 6.07) is 4.54. The number of amides is 1. The monoisotopic (exact) mass is 423 g/mol. The first-order chi connectivity index (χ1) is 13.1. The molecule has 0 saturated heterocycles. The van der Waals surface area contributed by atoms with E-state index in [0.29, 0.717) is 32.7 Å². The maximum Gasteiger partial charge on any atom is 0.251 e. The van der Waals surface area contributed by atoms with E-state index in [1.807, 2.05) is 6.92 Å². The van der Waals surface area contributed by atoms with Crippen LogP contribution in [0.2, 0.25) is 10.0 Å². The lowest BCUT2D eigenvalue weighted by molar-refractivity contribution is -0.123. The second-order valence-corrected chi connectivity index (χ2v) is 7.86. The highest BCUT2D eigenvalue weighted by atomic mass is 35.5. The Balaban J connectivity index is 1.87. The van der Waals surface area contributed by atoms with Gasteiger partial charge >= 0.3 is 0 Å². The number of anilines is 1. The molecule has 0 fully saturated rings. The lowest BCUT2D eigenvalue weighted by Crippen LogP contribution is -2.40. The number of benzene rings is 1. The fraction of sp³-hybridized carbons (Fsp3) is 0.316. The molecule has 0 saturated carbocycles. The van der Waals surface area contributed by atoms with Gasteiger partial charge in [0, 0.05) is 16.8 Å². The minimum atomic E-state index is -0.969. The van der Waals surface area contributed by atoms with Gasteiger partial charge in [-0.05, 0) is 39.8 Å². The summed E-state index contributed by atoms with van der Waals surface area (Å²) in [6.45, 7) is 7.22. The van der Waals surface area contributed by atoms with Gasteiger partial charge in [-0.1, -0.05) is 29.3 Å². The van der Waals surface area contributed by atoms with Crippen LogP contribution in [0.5, 0.6) is 0 Å². The number of halogens is 3. The number of carbonyl (C=O) groups is 1. The number of nitrogens with zero attached hydrogens (tertiary/aromatic N) is 4. The van der Waals surface area contributed by atoms with Crippen molar-refractivity contribution in [2.45, 2.75) is 39.8 Å². The van der Waals surface area contributed by atoms with Gasteiger partial charge in [0.1, 0.15) is 11.4 Å². The third-order valence-corrected chi connectivity index (χ3v) is 5.22. The Labute approximate surface area is 172 Å². The highest BCUT2D eigenvalue weighted by Gasteiger charge is 2.32. The molecule has 6 nitrogen and oxygen atoms in total. The van der Waals surface area contributed by atoms with Gasteiger partial charge in [0.05, 0.1) is 34.8 Å². The summed E-state index contributed by atoms with van der Waals surface area (Å²) in [7, 11) is 0. The minimum absolute atomic E-state index is 0.159. The molecule has 3 aromatic rings. The predicted octanol–water partition coefficient (Wildman–Crippen LogP) is 4.56. The predicted molar refractivity (Wildman–Crippen MR) is 107 cm³/mol. The van der Waals surface area contributed by atoms with Crippen molar-refractivity contribution in [1.29, 1.82) is 0 Å². The van der Waals surface area contributed by atoms with Crippen LogP contribution in [0.1, 0.15) is 30.8 Å². The summed E-state index contributed by atoms with van der Waals surface area (Å²) in [5.41, 5.74) is 1.26. The summed E-state index contributed by atoms with van der Waals surface area (Å²) in [5.74, 6) is -0.677. The van der Waals surface area contributed by atoms with Gasteiger partial charge in [-0.25, -0.2) is 4.39 Å². The topological polar surface area (TPSA) is 64.7 Å². The molecule has 148 valence electrons. The fourth-order valence-corrected chi connectivity index (χ4v) is 3.20. The third kappa shape index (κ3) is 3.77. The molecule has 2 heterocycles. The average molecular weight is 424 g/mol. The molecule has 0 radical (unpaired) electrons. The van der Waals surface area contributed by atoms with Crippen LogP contribution in [0.4, 0.5) is 10.1 Å². The van der Waals surface area contributed by atoms with E-state index in [1.165, 1.54) is 16.9 Å². The molecule has 1 N–H and O–H groups in total. The molecule has 28 heavy (non-hydrogen) atoms. The highest BCUT2D eigenvalue weighted by Crippen LogP contribution is 2.26. The molecule has 1 aromatic carbocycles. The smallest absolute Gasteiger partial charge is 0.251 e. The molecule has 1 amide bonds. The van der Waals surface area contributed by atoms with Gasteiger partial charge in [0.15, 0.2) is 0 Å². The van der Waals surface area contributed by atoms with Crippen LogP contribution in [-0.4, -0.2) is 25.5 Å². The number of carbonyl (C=O) groups excluding carboxylic acids is 1. The second-order valence-electron chi connectivity index (χ2n) is 7.02. The molecule has 0 aliphatic rings. The summed E-state index contributed by atoms with van der Waals surface area (Å²) in [6.07, 6.45) is 3.06. The number of aryl methyl sites for hydroxylation is 1. The molecule has 0 atom stereocenters. The van der Waals surface area contributed by atoms with Crippen molar-refractivity contribution in [3.63, 3.8) is 0 Å². The molecule has 0 unspecified atom stereocenters. The quantitative estimate of drug-likeness (QED) is 0.653. The summed E-state index contributed by atoms with van der Waals surface area (Å²) >= 11 is 12.0. The van der Waals surface area contributed by atoms with E-state index in [2.05, 4.69) is 15.5 Å². The Morgan fingerprint density at radius 2 is 2.00 bits per heavy atom. The Morgan fingerprint density at radius 1 is 1.29 bits per heavy atom. The summed E-state index contributed by atoms with van der Waals surface area (Å²) in [4.78, 5) is 12.9. The number of hydrogen-bond donors (Lipinski definition) is 1. The molecule has 0 spiro atoms. The van der Waals surface area contributed by atoms with Crippen LogP contribution in [0, 0.1) is 19.7 Å². The van der Waals surface area contributed by atoms with Gasteiger partial charge in [0.25, 0.3) is 5.91 Å². The number of rotatable bonds is 5. The maximum atomic E-state index is 14.1. The Hall–Kier alpha value is -2.38. The lowest BCUT2D eigenvalue weighted by atomic mass is 10.0. The Kier molecular flexibility index (Phi) is 5.50. The minimum Gasteiger partial charge on any atom is -0.321 e. The maximum absolute atomic E-state index is 14.1. The largest absolute Gasteiger partial charge is 0.321 e. The zero-order valence-electron chi connectivity index (χ0n) is 15.9. The van der Waals surface area contributed by atoms with Crippen LogP contribution in [-0.2, 0) is 16.9 Å². The standard InChI is InChI=1S/C19H20Cl2FN5O/c1-11-17(24-18(28)19(3,4)27-9-13(20)8-23-27)12(2)26(25-11)10-14-15(21)6-5-7-16(14)22/h5-9H,10H2,1-4H3,(H,24,28). The second kappa shape index (κ2) is 7.56. The number of aromatic nitrogens is 4. The molecule has 2 aromatic heterocycles. The zero-order chi connectivity index (χ0) is 20.6. The molecular weight excluding hydrogens is 404 g/mol. The average Bonchev–Trinajstić information content (AvgIpc) is 3.17. The third-order valence-electron chi connectivity index (χ3n) is 4.67. The first-order valence-electron chi connectivity index (χ1n) is 8.60. The Bertz CT molecular complexity index is 1020. The van der Waals surface area contributed by atoms with Crippen molar-refractivity contribution in [3.8, 4) is 0 Å². The van der Waals surface area contributed by atoms with Gasteiger partial charge in [-0.15, -0.1) is 0 Å². The van der Waals surface area contributed by atoms with Gasteiger partial charge in [0.2, 0.25) is 0 Å². The van der Waals surface area contributed by atoms with Gasteiger partial charge in [-0.2, -0.15) is 10.2 Å². The first kappa shape index (κ1) is 20.4. The van der Waals surface area contributed by atoms with Crippen LogP contribution >= 0.6 is 23.2 Å².